The molecule has 68 valence electrons. The van der Waals surface area contributed by atoms with E-state index in [0.29, 0.717) is 0 Å². The number of rotatable bonds is 1. The summed E-state index contributed by atoms with van der Waals surface area (Å²) in [5, 5.41) is 8.43. The second kappa shape index (κ2) is 3.53. The van der Waals surface area contributed by atoms with E-state index >= 15 is 0 Å². The van der Waals surface area contributed by atoms with Crippen molar-refractivity contribution in [1.82, 2.24) is 0 Å². The van der Waals surface area contributed by atoms with Gasteiger partial charge in [0.25, 0.3) is 0 Å². The van der Waals surface area contributed by atoms with Gasteiger partial charge >= 0.3 is 0 Å². The number of halogens is 2. The Bertz CT molecular complexity index is 341. The van der Waals surface area contributed by atoms with Gasteiger partial charge in [0.1, 0.15) is 11.6 Å². The third-order valence-corrected chi connectivity index (χ3v) is 1.79. The van der Waals surface area contributed by atoms with Gasteiger partial charge in [0.15, 0.2) is 0 Å². The summed E-state index contributed by atoms with van der Waals surface area (Å²) in [6, 6.07) is 3.80. The summed E-state index contributed by atoms with van der Waals surface area (Å²) >= 11 is 0. The predicted octanol–water partition coefficient (Wildman–Crippen LogP) is 2.96. The number of nitrogens with zero attached hydrogens (tertiary/aromatic N) is 1. The highest BCUT2D eigenvalue weighted by Crippen LogP contribution is 2.22. The summed E-state index contributed by atoms with van der Waals surface area (Å²) in [5.74, 6) is -1.51. The Morgan fingerprint density at radius 3 is 2.00 bits per heavy atom. The van der Waals surface area contributed by atoms with Crippen LogP contribution in [0.3, 0.4) is 0 Å². The standard InChI is InChI=1S/C10H9F2N/c1-6(2)10-8(11)3-7(5-13)4-9(10)12/h3-4,6H,1-2H3. The Hall–Kier alpha value is -1.43. The highest BCUT2D eigenvalue weighted by Gasteiger charge is 2.13. The van der Waals surface area contributed by atoms with Gasteiger partial charge in [-0.15, -0.1) is 0 Å². The largest absolute Gasteiger partial charge is 0.207 e. The van der Waals surface area contributed by atoms with Crippen molar-refractivity contribution in [3.05, 3.63) is 34.9 Å². The smallest absolute Gasteiger partial charge is 0.130 e. The Balaban J connectivity index is 3.33. The molecule has 0 saturated carbocycles. The van der Waals surface area contributed by atoms with E-state index in [1.165, 1.54) is 0 Å². The number of benzene rings is 1. The molecule has 0 bridgehead atoms. The van der Waals surface area contributed by atoms with Gasteiger partial charge in [-0.2, -0.15) is 5.26 Å². The fourth-order valence-corrected chi connectivity index (χ4v) is 1.20. The van der Waals surface area contributed by atoms with Gasteiger partial charge in [-0.3, -0.25) is 0 Å². The molecule has 0 aromatic heterocycles. The van der Waals surface area contributed by atoms with Gasteiger partial charge in [-0.25, -0.2) is 8.78 Å². The van der Waals surface area contributed by atoms with Gasteiger partial charge < -0.3 is 0 Å². The van der Waals surface area contributed by atoms with Crippen molar-refractivity contribution in [2.45, 2.75) is 19.8 Å². The summed E-state index contributed by atoms with van der Waals surface area (Å²) < 4.78 is 26.3. The molecule has 0 aliphatic carbocycles. The first kappa shape index (κ1) is 9.66. The van der Waals surface area contributed by atoms with E-state index in [1.54, 1.807) is 19.9 Å². The Labute approximate surface area is 75.6 Å². The van der Waals surface area contributed by atoms with Crippen LogP contribution in [0.15, 0.2) is 12.1 Å². The average Bonchev–Trinajstić information content (AvgIpc) is 2.02. The van der Waals surface area contributed by atoms with Crippen LogP contribution in [0, 0.1) is 23.0 Å². The maximum atomic E-state index is 13.2. The van der Waals surface area contributed by atoms with Gasteiger partial charge in [-0.05, 0) is 18.1 Å². The molecule has 13 heavy (non-hydrogen) atoms. The fraction of sp³-hybridized carbons (Fsp3) is 0.300. The molecule has 0 aliphatic rings. The van der Waals surface area contributed by atoms with E-state index in [9.17, 15) is 8.78 Å². The molecule has 0 saturated heterocycles. The molecule has 0 heterocycles. The second-order valence-corrected chi connectivity index (χ2v) is 3.12. The zero-order valence-corrected chi connectivity index (χ0v) is 7.44. The minimum Gasteiger partial charge on any atom is -0.207 e. The van der Waals surface area contributed by atoms with Crippen molar-refractivity contribution < 1.29 is 8.78 Å². The van der Waals surface area contributed by atoms with E-state index < -0.39 is 11.6 Å². The van der Waals surface area contributed by atoms with E-state index in [4.69, 9.17) is 5.26 Å². The summed E-state index contributed by atoms with van der Waals surface area (Å²) in [4.78, 5) is 0. The van der Waals surface area contributed by atoms with Crippen LogP contribution < -0.4 is 0 Å². The van der Waals surface area contributed by atoms with Crippen LogP contribution in [0.2, 0.25) is 0 Å². The summed E-state index contributed by atoms with van der Waals surface area (Å²) in [6.45, 7) is 3.40. The predicted molar refractivity (Wildman–Crippen MR) is 45.2 cm³/mol. The average molecular weight is 181 g/mol. The van der Waals surface area contributed by atoms with Gasteiger partial charge in [0.2, 0.25) is 0 Å². The first-order chi connectivity index (χ1) is 6.06. The normalized spacial score (nSPS) is 10.2. The van der Waals surface area contributed by atoms with Crippen LogP contribution >= 0.6 is 0 Å². The van der Waals surface area contributed by atoms with E-state index in [0.717, 1.165) is 12.1 Å². The minimum absolute atomic E-state index is 0.0133. The van der Waals surface area contributed by atoms with Crippen molar-refractivity contribution in [3.63, 3.8) is 0 Å². The zero-order valence-electron chi connectivity index (χ0n) is 7.44. The summed E-state index contributed by atoms with van der Waals surface area (Å²) in [5.41, 5.74) is 0.0541. The molecular weight excluding hydrogens is 172 g/mol. The van der Waals surface area contributed by atoms with Gasteiger partial charge in [0.05, 0.1) is 11.6 Å². The lowest BCUT2D eigenvalue weighted by Crippen LogP contribution is -1.98. The first-order valence-electron chi connectivity index (χ1n) is 3.95. The highest BCUT2D eigenvalue weighted by atomic mass is 19.1. The third-order valence-electron chi connectivity index (χ3n) is 1.79. The quantitative estimate of drug-likeness (QED) is 0.653. The van der Waals surface area contributed by atoms with Crippen molar-refractivity contribution in [2.75, 3.05) is 0 Å². The number of hydrogen-bond donors (Lipinski definition) is 0. The Morgan fingerprint density at radius 1 is 1.23 bits per heavy atom. The number of hydrogen-bond acceptors (Lipinski definition) is 1. The van der Waals surface area contributed by atoms with Crippen molar-refractivity contribution in [1.29, 1.82) is 5.26 Å². The molecule has 0 radical (unpaired) electrons. The van der Waals surface area contributed by atoms with Gasteiger partial charge in [0, 0.05) is 5.56 Å². The molecule has 3 heteroatoms. The molecule has 0 amide bonds. The van der Waals surface area contributed by atoms with Crippen LogP contribution in [0.1, 0.15) is 30.9 Å². The van der Waals surface area contributed by atoms with Crippen LogP contribution in [0.5, 0.6) is 0 Å². The lowest BCUT2D eigenvalue weighted by molar-refractivity contribution is 0.541. The molecule has 1 rings (SSSR count). The fourth-order valence-electron chi connectivity index (χ4n) is 1.20. The maximum Gasteiger partial charge on any atom is 0.130 e. The SMILES string of the molecule is CC(C)c1c(F)cc(C#N)cc1F. The summed E-state index contributed by atoms with van der Waals surface area (Å²) in [6.07, 6.45) is 0. The molecule has 1 aromatic rings. The van der Waals surface area contributed by atoms with E-state index in [1.807, 2.05) is 0 Å². The first-order valence-corrected chi connectivity index (χ1v) is 3.95. The molecule has 0 atom stereocenters. The van der Waals surface area contributed by atoms with Crippen LogP contribution in [-0.2, 0) is 0 Å². The highest BCUT2D eigenvalue weighted by molar-refractivity contribution is 5.35. The molecule has 0 aliphatic heterocycles. The van der Waals surface area contributed by atoms with Gasteiger partial charge in [-0.1, -0.05) is 13.8 Å². The molecule has 1 nitrogen and oxygen atoms in total. The molecule has 0 unspecified atom stereocenters. The molecule has 0 spiro atoms. The lowest BCUT2D eigenvalue weighted by atomic mass is 10.0. The van der Waals surface area contributed by atoms with Crippen LogP contribution in [-0.4, -0.2) is 0 Å². The van der Waals surface area contributed by atoms with Crippen molar-refractivity contribution >= 4 is 0 Å². The van der Waals surface area contributed by atoms with Crippen LogP contribution in [0.25, 0.3) is 0 Å². The lowest BCUT2D eigenvalue weighted by Gasteiger charge is -2.08. The molecular formula is C10H9F2N. The molecule has 0 N–H and O–H groups in total. The molecule has 0 fully saturated rings. The zero-order chi connectivity index (χ0) is 10.0. The van der Waals surface area contributed by atoms with E-state index in [2.05, 4.69) is 0 Å². The molecule has 1 aromatic carbocycles. The maximum absolute atomic E-state index is 13.2. The Kier molecular flexibility index (Phi) is 2.62. The number of nitriles is 1. The second-order valence-electron chi connectivity index (χ2n) is 3.12. The van der Waals surface area contributed by atoms with E-state index in [-0.39, 0.29) is 17.0 Å². The van der Waals surface area contributed by atoms with Crippen molar-refractivity contribution in [3.8, 4) is 6.07 Å². The summed E-state index contributed by atoms with van der Waals surface area (Å²) in [7, 11) is 0. The van der Waals surface area contributed by atoms with Crippen molar-refractivity contribution in [2.24, 2.45) is 0 Å². The van der Waals surface area contributed by atoms with Crippen LogP contribution in [0.4, 0.5) is 8.78 Å². The minimum atomic E-state index is -0.647. The monoisotopic (exact) mass is 181 g/mol. The third kappa shape index (κ3) is 1.83. The topological polar surface area (TPSA) is 23.8 Å². The Morgan fingerprint density at radius 2 is 1.69 bits per heavy atom.